The molecule has 7 heteroatoms. The molecule has 2 aromatic heterocycles. The molecule has 0 N–H and O–H groups in total. The molecule has 36 heavy (non-hydrogen) atoms. The van der Waals surface area contributed by atoms with Crippen molar-refractivity contribution in [3.63, 3.8) is 0 Å². The van der Waals surface area contributed by atoms with Crippen LogP contribution in [0.2, 0.25) is 0 Å². The highest BCUT2D eigenvalue weighted by molar-refractivity contribution is 6.00. The number of pyridine rings is 1. The molecule has 0 aromatic carbocycles. The van der Waals surface area contributed by atoms with Crippen LogP contribution >= 0.6 is 0 Å². The Morgan fingerprint density at radius 2 is 1.75 bits per heavy atom. The maximum absolute atomic E-state index is 13.6. The summed E-state index contributed by atoms with van der Waals surface area (Å²) in [6, 6.07) is 2.01. The maximum Gasteiger partial charge on any atom is 0.274 e. The normalized spacial score (nSPS) is 16.7. The molecule has 1 aliphatic rings. The molecule has 2 aromatic rings. The standard InChI is InChI=1S/C29H43N5O2/c1-11-18(3)25(35)24-19(4)15-23(31-20(24)5)33-13-14-34(29(9,10)17-33)27(36)22-16-30-21(6)26(32-22)28(7,8)12-2/h15-16,18H,11-14,17H2,1-10H3. The summed E-state index contributed by atoms with van der Waals surface area (Å²) >= 11 is 0. The van der Waals surface area contributed by atoms with Gasteiger partial charge in [0.25, 0.3) is 5.91 Å². The minimum Gasteiger partial charge on any atom is -0.352 e. The number of aromatic nitrogens is 3. The molecule has 1 fully saturated rings. The molecule has 0 radical (unpaired) electrons. The lowest BCUT2D eigenvalue weighted by Gasteiger charge is -2.47. The number of carbonyl (C=O) groups excluding carboxylic acids is 2. The summed E-state index contributed by atoms with van der Waals surface area (Å²) in [5, 5.41) is 0. The van der Waals surface area contributed by atoms with E-state index in [1.807, 2.05) is 45.6 Å². The van der Waals surface area contributed by atoms with Gasteiger partial charge in [-0.2, -0.15) is 0 Å². The molecule has 0 bridgehead atoms. The molecule has 0 saturated carbocycles. The minimum absolute atomic E-state index is 0.0168. The van der Waals surface area contributed by atoms with E-state index in [4.69, 9.17) is 9.97 Å². The van der Waals surface area contributed by atoms with Crippen molar-refractivity contribution in [3.05, 3.63) is 46.2 Å². The second-order valence-electron chi connectivity index (χ2n) is 11.5. The van der Waals surface area contributed by atoms with E-state index in [9.17, 15) is 9.59 Å². The van der Waals surface area contributed by atoms with Gasteiger partial charge in [-0.15, -0.1) is 0 Å². The Morgan fingerprint density at radius 1 is 1.08 bits per heavy atom. The monoisotopic (exact) mass is 493 g/mol. The van der Waals surface area contributed by atoms with E-state index in [1.165, 1.54) is 0 Å². The van der Waals surface area contributed by atoms with Gasteiger partial charge in [-0.1, -0.05) is 34.6 Å². The minimum atomic E-state index is -0.433. The van der Waals surface area contributed by atoms with Crippen molar-refractivity contribution in [2.24, 2.45) is 5.92 Å². The highest BCUT2D eigenvalue weighted by Gasteiger charge is 2.39. The summed E-state index contributed by atoms with van der Waals surface area (Å²) in [4.78, 5) is 44.8. The quantitative estimate of drug-likeness (QED) is 0.477. The van der Waals surface area contributed by atoms with E-state index in [0.717, 1.165) is 46.9 Å². The number of nitrogens with zero attached hydrogens (tertiary/aromatic N) is 5. The zero-order chi connectivity index (χ0) is 27.0. The lowest BCUT2D eigenvalue weighted by atomic mass is 9.85. The number of amides is 1. The third-order valence-electron chi connectivity index (χ3n) is 7.86. The maximum atomic E-state index is 13.6. The Bertz CT molecular complexity index is 1130. The van der Waals surface area contributed by atoms with Gasteiger partial charge in [0.15, 0.2) is 5.78 Å². The van der Waals surface area contributed by atoms with Crippen LogP contribution in [0.25, 0.3) is 0 Å². The van der Waals surface area contributed by atoms with Crippen LogP contribution < -0.4 is 4.90 Å². The molecule has 7 nitrogen and oxygen atoms in total. The molecule has 1 unspecified atom stereocenters. The lowest BCUT2D eigenvalue weighted by Crippen LogP contribution is -2.61. The third-order valence-corrected chi connectivity index (χ3v) is 7.86. The summed E-state index contributed by atoms with van der Waals surface area (Å²) in [6.07, 6.45) is 3.33. The lowest BCUT2D eigenvalue weighted by molar-refractivity contribution is 0.0506. The molecule has 196 valence electrons. The van der Waals surface area contributed by atoms with Crippen molar-refractivity contribution < 1.29 is 9.59 Å². The number of hydrogen-bond acceptors (Lipinski definition) is 6. The SMILES string of the molecule is CCC(C)C(=O)c1c(C)cc(N2CCN(C(=O)c3cnc(C)c(C(C)(C)CC)n3)C(C)(C)C2)nc1C. The second-order valence-corrected chi connectivity index (χ2v) is 11.5. The van der Waals surface area contributed by atoms with E-state index >= 15 is 0 Å². The van der Waals surface area contributed by atoms with Crippen molar-refractivity contribution in [2.75, 3.05) is 24.5 Å². The number of aryl methyl sites for hydroxylation is 3. The van der Waals surface area contributed by atoms with Gasteiger partial charge in [0, 0.05) is 36.5 Å². The van der Waals surface area contributed by atoms with Crippen molar-refractivity contribution in [1.82, 2.24) is 19.9 Å². The van der Waals surface area contributed by atoms with Crippen molar-refractivity contribution in [3.8, 4) is 0 Å². The third kappa shape index (κ3) is 5.30. The molecule has 3 heterocycles. The van der Waals surface area contributed by atoms with Crippen LogP contribution in [0.4, 0.5) is 5.82 Å². The Morgan fingerprint density at radius 3 is 2.31 bits per heavy atom. The molecule has 1 saturated heterocycles. The summed E-state index contributed by atoms with van der Waals surface area (Å²) in [5.41, 5.74) is 4.04. The summed E-state index contributed by atoms with van der Waals surface area (Å²) in [7, 11) is 0. The average molecular weight is 494 g/mol. The first-order chi connectivity index (χ1) is 16.7. The van der Waals surface area contributed by atoms with Gasteiger partial charge in [0.2, 0.25) is 0 Å². The Labute approximate surface area is 216 Å². The molecular formula is C29H43N5O2. The Balaban J connectivity index is 1.85. The predicted octanol–water partition coefficient (Wildman–Crippen LogP) is 5.45. The van der Waals surface area contributed by atoms with Crippen LogP contribution in [-0.4, -0.2) is 56.7 Å². The Kier molecular flexibility index (Phi) is 7.92. The average Bonchev–Trinajstić information content (AvgIpc) is 2.82. The first kappa shape index (κ1) is 27.8. The molecule has 3 rings (SSSR count). The largest absolute Gasteiger partial charge is 0.352 e. The molecule has 1 aliphatic heterocycles. The van der Waals surface area contributed by atoms with Crippen LogP contribution in [0.1, 0.15) is 105 Å². The van der Waals surface area contributed by atoms with Gasteiger partial charge in [-0.25, -0.2) is 9.97 Å². The number of Topliss-reactive ketones (excluding diaryl/α,β-unsaturated/α-hetero) is 1. The second kappa shape index (κ2) is 10.3. The fourth-order valence-electron chi connectivity index (χ4n) is 5.00. The van der Waals surface area contributed by atoms with Gasteiger partial charge in [0.1, 0.15) is 11.5 Å². The van der Waals surface area contributed by atoms with Crippen LogP contribution in [0.5, 0.6) is 0 Å². The van der Waals surface area contributed by atoms with E-state index in [0.29, 0.717) is 25.3 Å². The van der Waals surface area contributed by atoms with Crippen molar-refractivity contribution in [1.29, 1.82) is 0 Å². The fraction of sp³-hybridized carbons (Fsp3) is 0.621. The summed E-state index contributed by atoms with van der Waals surface area (Å²) in [6.45, 7) is 22.3. The molecule has 0 spiro atoms. The van der Waals surface area contributed by atoms with Gasteiger partial charge < -0.3 is 9.80 Å². The number of hydrogen-bond donors (Lipinski definition) is 0. The molecule has 0 aliphatic carbocycles. The highest BCUT2D eigenvalue weighted by atomic mass is 16.2. The topological polar surface area (TPSA) is 79.3 Å². The number of anilines is 1. The Hall–Kier alpha value is -2.83. The van der Waals surface area contributed by atoms with Crippen LogP contribution in [-0.2, 0) is 5.41 Å². The zero-order valence-corrected chi connectivity index (χ0v) is 23.8. The van der Waals surface area contributed by atoms with Crippen molar-refractivity contribution >= 4 is 17.5 Å². The van der Waals surface area contributed by atoms with E-state index in [1.54, 1.807) is 6.20 Å². The van der Waals surface area contributed by atoms with Crippen LogP contribution in [0, 0.1) is 26.7 Å². The van der Waals surface area contributed by atoms with E-state index in [2.05, 4.69) is 44.5 Å². The van der Waals surface area contributed by atoms with E-state index in [-0.39, 0.29) is 23.0 Å². The fourth-order valence-corrected chi connectivity index (χ4v) is 5.00. The number of piperazine rings is 1. The van der Waals surface area contributed by atoms with Crippen LogP contribution in [0.15, 0.2) is 12.3 Å². The number of ketones is 1. The first-order valence-electron chi connectivity index (χ1n) is 13.2. The van der Waals surface area contributed by atoms with Gasteiger partial charge in [0.05, 0.1) is 28.8 Å². The van der Waals surface area contributed by atoms with E-state index < -0.39 is 5.54 Å². The first-order valence-corrected chi connectivity index (χ1v) is 13.2. The van der Waals surface area contributed by atoms with Crippen molar-refractivity contribution in [2.45, 2.75) is 93.0 Å². The highest BCUT2D eigenvalue weighted by Crippen LogP contribution is 2.30. The van der Waals surface area contributed by atoms with Gasteiger partial charge >= 0.3 is 0 Å². The summed E-state index contributed by atoms with van der Waals surface area (Å²) in [5.74, 6) is 0.909. The predicted molar refractivity (Wildman–Crippen MR) is 145 cm³/mol. The van der Waals surface area contributed by atoms with Gasteiger partial charge in [-0.3, -0.25) is 14.6 Å². The van der Waals surface area contributed by atoms with Crippen LogP contribution in [0.3, 0.4) is 0 Å². The van der Waals surface area contributed by atoms with Gasteiger partial charge in [-0.05, 0) is 59.1 Å². The molecule has 1 atom stereocenters. The summed E-state index contributed by atoms with van der Waals surface area (Å²) < 4.78 is 0. The molecule has 1 amide bonds. The molecular weight excluding hydrogens is 450 g/mol. The number of rotatable bonds is 7. The number of carbonyl (C=O) groups is 2. The zero-order valence-electron chi connectivity index (χ0n) is 23.8. The smallest absolute Gasteiger partial charge is 0.274 e.